The molecule has 0 radical (unpaired) electrons. The van der Waals surface area contributed by atoms with Crippen LogP contribution in [0.2, 0.25) is 0 Å². The van der Waals surface area contributed by atoms with Gasteiger partial charge >= 0.3 is 17.9 Å². The Hall–Kier alpha value is -4.53. The largest absolute Gasteiger partial charge is 0.478 e. The number of hydrogen-bond donors (Lipinski definition) is 2. The molecule has 1 aromatic heterocycles. The molecule has 0 fully saturated rings. The van der Waals surface area contributed by atoms with Gasteiger partial charge in [0.25, 0.3) is 5.91 Å². The monoisotopic (exact) mass is 448 g/mol. The molecule has 0 aliphatic heterocycles. The van der Waals surface area contributed by atoms with Gasteiger partial charge in [0.15, 0.2) is 0 Å². The maximum atomic E-state index is 12.9. The molecule has 0 aliphatic rings. The summed E-state index contributed by atoms with van der Waals surface area (Å²) in [7, 11) is 0. The van der Waals surface area contributed by atoms with Crippen molar-refractivity contribution < 1.29 is 33.8 Å². The molecule has 9 heteroatoms. The van der Waals surface area contributed by atoms with Crippen molar-refractivity contribution in [2.24, 2.45) is 0 Å². The average Bonchev–Trinajstić information content (AvgIpc) is 2.86. The molecule has 168 valence electrons. The number of nitrogens with zero attached hydrogens (tertiary/aromatic N) is 1. The highest BCUT2D eigenvalue weighted by molar-refractivity contribution is 5.96. The Balaban J connectivity index is 1.83. The fraction of sp³-hybridized carbons (Fsp3) is 0.125. The van der Waals surface area contributed by atoms with E-state index in [0.29, 0.717) is 5.69 Å². The standard InChI is InChI=1S/C24H20N2O7/c27-21(26-15-18-13-7-8-14-25-18)19(32-23(30)16-9-3-1-4-10-16)20(22(28)29)33-24(31)17-11-5-2-6-12-17/h1-14,19-20H,15H2,(H,26,27)(H,28,29)/t19-,20+/m1/s1. The number of amides is 1. The molecule has 0 saturated heterocycles. The molecule has 1 amide bonds. The van der Waals surface area contributed by atoms with Crippen molar-refractivity contribution in [1.82, 2.24) is 10.3 Å². The SMILES string of the molecule is O=C(O[C@H](C(=O)O)[C@@H](OC(=O)c1ccccc1)C(=O)NCc1ccccn1)c1ccccc1. The number of pyridine rings is 1. The van der Waals surface area contributed by atoms with E-state index in [0.717, 1.165) is 0 Å². The van der Waals surface area contributed by atoms with Gasteiger partial charge in [0.2, 0.25) is 12.2 Å². The molecule has 2 aromatic carbocycles. The smallest absolute Gasteiger partial charge is 0.349 e. The highest BCUT2D eigenvalue weighted by Gasteiger charge is 2.40. The summed E-state index contributed by atoms with van der Waals surface area (Å²) in [6, 6.07) is 20.4. The van der Waals surface area contributed by atoms with Crippen LogP contribution in [0.15, 0.2) is 85.1 Å². The quantitative estimate of drug-likeness (QED) is 0.477. The second kappa shape index (κ2) is 11.2. The Bertz CT molecular complexity index is 1110. The van der Waals surface area contributed by atoms with Crippen LogP contribution in [0.3, 0.4) is 0 Å². The number of esters is 2. The summed E-state index contributed by atoms with van der Waals surface area (Å²) < 4.78 is 10.3. The first kappa shape index (κ1) is 23.1. The van der Waals surface area contributed by atoms with Crippen LogP contribution in [0.4, 0.5) is 0 Å². The van der Waals surface area contributed by atoms with E-state index in [1.807, 2.05) is 0 Å². The van der Waals surface area contributed by atoms with E-state index in [9.17, 15) is 24.3 Å². The minimum absolute atomic E-state index is 0.0575. The Morgan fingerprint density at radius 1 is 0.758 bits per heavy atom. The van der Waals surface area contributed by atoms with Crippen LogP contribution < -0.4 is 5.32 Å². The summed E-state index contributed by atoms with van der Waals surface area (Å²) >= 11 is 0. The Labute approximate surface area is 189 Å². The first-order valence-corrected chi connectivity index (χ1v) is 9.88. The number of benzene rings is 2. The molecule has 33 heavy (non-hydrogen) atoms. The maximum Gasteiger partial charge on any atom is 0.349 e. The molecule has 0 aliphatic carbocycles. The highest BCUT2D eigenvalue weighted by Crippen LogP contribution is 2.14. The number of rotatable bonds is 9. The first-order chi connectivity index (χ1) is 16.0. The van der Waals surface area contributed by atoms with Crippen molar-refractivity contribution in [3.05, 3.63) is 102 Å². The summed E-state index contributed by atoms with van der Waals surface area (Å²) in [4.78, 5) is 53.9. The molecule has 0 saturated carbocycles. The number of carbonyl (C=O) groups is 4. The summed E-state index contributed by atoms with van der Waals surface area (Å²) in [6.45, 7) is -0.0575. The number of nitrogens with one attached hydrogen (secondary N) is 1. The summed E-state index contributed by atoms with van der Waals surface area (Å²) in [5.74, 6) is -4.55. The first-order valence-electron chi connectivity index (χ1n) is 9.88. The maximum absolute atomic E-state index is 12.9. The third-order valence-corrected chi connectivity index (χ3v) is 4.43. The predicted octanol–water partition coefficient (Wildman–Crippen LogP) is 2.23. The highest BCUT2D eigenvalue weighted by atomic mass is 16.6. The van der Waals surface area contributed by atoms with Crippen molar-refractivity contribution in [2.45, 2.75) is 18.8 Å². The fourth-order valence-corrected chi connectivity index (χ4v) is 2.79. The van der Waals surface area contributed by atoms with Crippen molar-refractivity contribution >= 4 is 23.8 Å². The molecular weight excluding hydrogens is 428 g/mol. The number of carbonyl (C=O) groups excluding carboxylic acids is 3. The lowest BCUT2D eigenvalue weighted by atomic mass is 10.1. The van der Waals surface area contributed by atoms with E-state index in [1.165, 1.54) is 30.5 Å². The zero-order chi connectivity index (χ0) is 23.6. The number of carboxylic acid groups (broad SMARTS) is 1. The van der Waals surface area contributed by atoms with E-state index in [2.05, 4.69) is 10.3 Å². The summed E-state index contributed by atoms with van der Waals surface area (Å²) in [6.07, 6.45) is -2.52. The molecule has 9 nitrogen and oxygen atoms in total. The van der Waals surface area contributed by atoms with Crippen molar-refractivity contribution in [3.63, 3.8) is 0 Å². The molecule has 0 bridgehead atoms. The number of ether oxygens (including phenoxy) is 2. The molecule has 3 aromatic rings. The zero-order valence-electron chi connectivity index (χ0n) is 17.3. The van der Waals surface area contributed by atoms with Crippen molar-refractivity contribution in [1.29, 1.82) is 0 Å². The van der Waals surface area contributed by atoms with Gasteiger partial charge in [-0.05, 0) is 36.4 Å². The lowest BCUT2D eigenvalue weighted by molar-refractivity contribution is -0.159. The predicted molar refractivity (Wildman–Crippen MR) is 115 cm³/mol. The average molecular weight is 448 g/mol. The van der Waals surface area contributed by atoms with Gasteiger partial charge in [-0.2, -0.15) is 0 Å². The molecule has 0 spiro atoms. The molecule has 0 unspecified atom stereocenters. The minimum Gasteiger partial charge on any atom is -0.478 e. The summed E-state index contributed by atoms with van der Waals surface area (Å²) in [5, 5.41) is 12.2. The van der Waals surface area contributed by atoms with Gasteiger partial charge in [-0.1, -0.05) is 42.5 Å². The van der Waals surface area contributed by atoms with Gasteiger partial charge in [0.05, 0.1) is 23.4 Å². The van der Waals surface area contributed by atoms with Crippen LogP contribution in [0, 0.1) is 0 Å². The third kappa shape index (κ3) is 6.47. The van der Waals surface area contributed by atoms with Gasteiger partial charge in [-0.25, -0.2) is 14.4 Å². The molecule has 1 heterocycles. The molecular formula is C24H20N2O7. The van der Waals surface area contributed by atoms with Crippen LogP contribution in [0.5, 0.6) is 0 Å². The van der Waals surface area contributed by atoms with Crippen LogP contribution in [-0.4, -0.2) is 46.1 Å². The van der Waals surface area contributed by atoms with Gasteiger partial charge in [0, 0.05) is 6.20 Å². The Morgan fingerprint density at radius 3 is 1.76 bits per heavy atom. The van der Waals surface area contributed by atoms with Crippen molar-refractivity contribution in [3.8, 4) is 0 Å². The van der Waals surface area contributed by atoms with E-state index < -0.39 is 36.0 Å². The normalized spacial score (nSPS) is 12.1. The number of hydrogen-bond acceptors (Lipinski definition) is 7. The number of carboxylic acids is 1. The number of aromatic nitrogens is 1. The molecule has 2 N–H and O–H groups in total. The second-order valence-electron chi connectivity index (χ2n) is 6.76. The lowest BCUT2D eigenvalue weighted by Crippen LogP contribution is -2.50. The molecule has 2 atom stereocenters. The van der Waals surface area contributed by atoms with Crippen molar-refractivity contribution in [2.75, 3.05) is 0 Å². The number of aliphatic carboxylic acids is 1. The Kier molecular flexibility index (Phi) is 7.85. The topological polar surface area (TPSA) is 132 Å². The lowest BCUT2D eigenvalue weighted by Gasteiger charge is -2.23. The van der Waals surface area contributed by atoms with Crippen LogP contribution >= 0.6 is 0 Å². The van der Waals surface area contributed by atoms with E-state index in [4.69, 9.17) is 9.47 Å². The van der Waals surface area contributed by atoms with Crippen LogP contribution in [0.25, 0.3) is 0 Å². The van der Waals surface area contributed by atoms with Crippen LogP contribution in [0.1, 0.15) is 26.4 Å². The van der Waals surface area contributed by atoms with Crippen LogP contribution in [-0.2, 0) is 25.6 Å². The van der Waals surface area contributed by atoms with Gasteiger partial charge in [-0.3, -0.25) is 9.78 Å². The summed E-state index contributed by atoms with van der Waals surface area (Å²) in [5.41, 5.74) is 0.663. The fourth-order valence-electron chi connectivity index (χ4n) is 2.79. The minimum atomic E-state index is -2.09. The van der Waals surface area contributed by atoms with Gasteiger partial charge < -0.3 is 19.9 Å². The Morgan fingerprint density at radius 2 is 1.27 bits per heavy atom. The van der Waals surface area contributed by atoms with Gasteiger partial charge in [-0.15, -0.1) is 0 Å². The van der Waals surface area contributed by atoms with Gasteiger partial charge in [0.1, 0.15) is 0 Å². The third-order valence-electron chi connectivity index (χ3n) is 4.43. The van der Waals surface area contributed by atoms with E-state index in [1.54, 1.807) is 54.6 Å². The zero-order valence-corrected chi connectivity index (χ0v) is 17.3. The molecule has 3 rings (SSSR count). The van der Waals surface area contributed by atoms with E-state index in [-0.39, 0.29) is 17.7 Å². The van der Waals surface area contributed by atoms with E-state index >= 15 is 0 Å². The second-order valence-corrected chi connectivity index (χ2v) is 6.76.